The summed E-state index contributed by atoms with van der Waals surface area (Å²) in [5, 5.41) is 19.8. The van der Waals surface area contributed by atoms with Crippen molar-refractivity contribution in [1.29, 1.82) is 5.26 Å². The van der Waals surface area contributed by atoms with Gasteiger partial charge in [-0.1, -0.05) is 18.2 Å². The quantitative estimate of drug-likeness (QED) is 0.242. The zero-order chi connectivity index (χ0) is 30.6. The second-order valence-corrected chi connectivity index (χ2v) is 13.5. The van der Waals surface area contributed by atoms with Crippen molar-refractivity contribution in [2.24, 2.45) is 11.8 Å². The maximum Gasteiger partial charge on any atom is 0.506 e. The Morgan fingerprint density at radius 3 is 2.43 bits per heavy atom. The van der Waals surface area contributed by atoms with Crippen molar-refractivity contribution >= 4 is 29.1 Å². The van der Waals surface area contributed by atoms with E-state index in [-0.39, 0.29) is 17.9 Å². The first-order chi connectivity index (χ1) is 21.4. The fraction of sp³-hybridized carbons (Fsp3) is 0.486. The maximum absolute atomic E-state index is 14.2. The molecule has 3 aliphatic carbocycles. The number of nitrogens with zero attached hydrogens (tertiary/aromatic N) is 3. The minimum atomic E-state index is -1.25. The van der Waals surface area contributed by atoms with Gasteiger partial charge < -0.3 is 19.5 Å². The lowest BCUT2D eigenvalue weighted by molar-refractivity contribution is -0.124. The van der Waals surface area contributed by atoms with Gasteiger partial charge >= 0.3 is 6.16 Å². The van der Waals surface area contributed by atoms with Crippen molar-refractivity contribution in [3.8, 4) is 22.3 Å². The van der Waals surface area contributed by atoms with Gasteiger partial charge in [0.15, 0.2) is 0 Å². The molecule has 0 atom stereocenters. The molecule has 0 radical (unpaired) electrons. The van der Waals surface area contributed by atoms with Gasteiger partial charge in [0.2, 0.25) is 5.91 Å². The minimum Gasteiger partial charge on any atom is -0.495 e. The van der Waals surface area contributed by atoms with Crippen LogP contribution in [0.15, 0.2) is 48.7 Å². The number of hydrogen-bond acceptors (Lipinski definition) is 7. The number of methoxy groups -OCH3 is 1. The molecule has 0 saturated heterocycles. The lowest BCUT2D eigenvalue weighted by atomic mass is 9.78. The second-order valence-electron chi connectivity index (χ2n) is 12.5. The highest BCUT2D eigenvalue weighted by molar-refractivity contribution is 7.15. The molecule has 0 spiro atoms. The number of benzene rings is 2. The number of thiazole rings is 1. The van der Waals surface area contributed by atoms with Gasteiger partial charge in [-0.2, -0.15) is 5.26 Å². The number of hydrogen-bond donors (Lipinski definition) is 1. The number of ether oxygens (including phenoxy) is 2. The van der Waals surface area contributed by atoms with Crippen molar-refractivity contribution in [2.75, 3.05) is 18.6 Å². The Labute approximate surface area is 262 Å². The second kappa shape index (κ2) is 13.4. The normalized spacial score (nSPS) is 23.4. The van der Waals surface area contributed by atoms with Crippen LogP contribution in [0, 0.1) is 23.2 Å². The summed E-state index contributed by atoms with van der Waals surface area (Å²) in [6.07, 6.45) is 9.21. The van der Waals surface area contributed by atoms with Gasteiger partial charge in [0.1, 0.15) is 17.9 Å². The summed E-state index contributed by atoms with van der Waals surface area (Å²) in [7, 11) is 1.59. The molecular weight excluding hydrogens is 574 g/mol. The summed E-state index contributed by atoms with van der Waals surface area (Å²) in [5.41, 5.74) is 3.74. The first kappa shape index (κ1) is 30.1. The number of anilines is 1. The van der Waals surface area contributed by atoms with E-state index in [1.54, 1.807) is 18.4 Å². The van der Waals surface area contributed by atoms with Gasteiger partial charge in [0.05, 0.1) is 22.6 Å². The van der Waals surface area contributed by atoms with E-state index in [1.165, 1.54) is 23.4 Å². The molecule has 230 valence electrons. The van der Waals surface area contributed by atoms with Crippen LogP contribution in [0.3, 0.4) is 0 Å². The van der Waals surface area contributed by atoms with Gasteiger partial charge in [-0.3, -0.25) is 4.79 Å². The third-order valence-electron chi connectivity index (χ3n) is 9.55. The van der Waals surface area contributed by atoms with Gasteiger partial charge in [0, 0.05) is 30.3 Å². The maximum atomic E-state index is 14.2. The van der Waals surface area contributed by atoms with E-state index < -0.39 is 6.16 Å². The molecule has 0 bridgehead atoms. The fourth-order valence-corrected chi connectivity index (χ4v) is 7.97. The van der Waals surface area contributed by atoms with Crippen molar-refractivity contribution in [3.63, 3.8) is 0 Å². The lowest BCUT2D eigenvalue weighted by Gasteiger charge is -2.36. The average Bonchev–Trinajstić information content (AvgIpc) is 3.79. The monoisotopic (exact) mass is 613 g/mol. The number of amides is 1. The van der Waals surface area contributed by atoms with E-state index in [1.807, 2.05) is 35.4 Å². The molecular formula is C35H39N3O5S. The summed E-state index contributed by atoms with van der Waals surface area (Å²) >= 11 is 1.75. The van der Waals surface area contributed by atoms with E-state index in [2.05, 4.69) is 29.3 Å². The summed E-state index contributed by atoms with van der Waals surface area (Å²) in [6, 6.07) is 16.5. The summed E-state index contributed by atoms with van der Waals surface area (Å²) < 4.78 is 10.3. The average molecular weight is 614 g/mol. The molecule has 2 aromatic carbocycles. The SMILES string of the molecule is COc1ccc(C2CCC(CN(C(=O)C3CCC(OC(=O)O)CC3)c3cccc(-c4cnc(C5CC5)s4)c3)CC2)cc1C#N. The minimum absolute atomic E-state index is 0.120. The Bertz CT molecular complexity index is 1530. The Hall–Kier alpha value is -3.90. The van der Waals surface area contributed by atoms with Gasteiger partial charge in [0.25, 0.3) is 0 Å². The van der Waals surface area contributed by atoms with Crippen LogP contribution in [-0.4, -0.2) is 41.9 Å². The van der Waals surface area contributed by atoms with Crippen LogP contribution in [0.5, 0.6) is 5.75 Å². The van der Waals surface area contributed by atoms with Gasteiger partial charge in [-0.25, -0.2) is 9.78 Å². The van der Waals surface area contributed by atoms with Crippen molar-refractivity contribution < 1.29 is 24.2 Å². The number of rotatable bonds is 9. The largest absolute Gasteiger partial charge is 0.506 e. The fourth-order valence-electron chi connectivity index (χ4n) is 6.88. The number of aromatic nitrogens is 1. The third-order valence-corrected chi connectivity index (χ3v) is 10.8. The number of carboxylic acid groups (broad SMARTS) is 1. The Morgan fingerprint density at radius 1 is 1.00 bits per heavy atom. The molecule has 1 N–H and O–H groups in total. The Balaban J connectivity index is 1.18. The molecule has 9 heteroatoms. The number of carbonyl (C=O) groups excluding carboxylic acids is 1. The summed E-state index contributed by atoms with van der Waals surface area (Å²) in [5.74, 6) is 1.92. The zero-order valence-corrected chi connectivity index (χ0v) is 25.9. The molecule has 1 amide bonds. The molecule has 6 rings (SSSR count). The van der Waals surface area contributed by atoms with Gasteiger partial charge in [-0.05, 0) is 111 Å². The van der Waals surface area contributed by atoms with E-state index in [0.29, 0.717) is 61.3 Å². The molecule has 0 unspecified atom stereocenters. The predicted octanol–water partition coefficient (Wildman–Crippen LogP) is 8.13. The molecule has 3 aliphatic rings. The highest BCUT2D eigenvalue weighted by Gasteiger charge is 2.34. The van der Waals surface area contributed by atoms with Crippen molar-refractivity contribution in [3.05, 3.63) is 64.8 Å². The Kier molecular flexibility index (Phi) is 9.17. The van der Waals surface area contributed by atoms with Crippen LogP contribution in [0.4, 0.5) is 10.5 Å². The first-order valence-corrected chi connectivity index (χ1v) is 16.6. The standard InChI is InChI=1S/C35H39N3O5S/c1-42-31-16-13-26(17-28(31)19-36)23-7-5-22(6-8-23)21-38(34(39)25-11-14-30(15-12-25)43-35(40)41)29-4-2-3-27(18-29)32-20-37-33(44-32)24-9-10-24/h2-4,13,16-18,20,22-25,30H,5-12,14-15,21H2,1H3,(H,40,41). The topological polar surface area (TPSA) is 113 Å². The number of carbonyl (C=O) groups is 2. The molecule has 0 aliphatic heterocycles. The molecule has 3 aromatic rings. The van der Waals surface area contributed by atoms with Crippen LogP contribution in [-0.2, 0) is 9.53 Å². The van der Waals surface area contributed by atoms with Crippen LogP contribution < -0.4 is 9.64 Å². The van der Waals surface area contributed by atoms with Crippen LogP contribution >= 0.6 is 11.3 Å². The van der Waals surface area contributed by atoms with Crippen molar-refractivity contribution in [1.82, 2.24) is 4.98 Å². The van der Waals surface area contributed by atoms with Gasteiger partial charge in [-0.15, -0.1) is 11.3 Å². The number of nitriles is 1. The zero-order valence-electron chi connectivity index (χ0n) is 25.1. The third kappa shape index (κ3) is 6.91. The highest BCUT2D eigenvalue weighted by atomic mass is 32.1. The van der Waals surface area contributed by atoms with Crippen LogP contribution in [0.2, 0.25) is 0 Å². The molecule has 3 saturated carbocycles. The molecule has 3 fully saturated rings. The van der Waals surface area contributed by atoms with E-state index in [0.717, 1.165) is 41.8 Å². The molecule has 1 aromatic heterocycles. The van der Waals surface area contributed by atoms with E-state index in [9.17, 15) is 14.9 Å². The summed E-state index contributed by atoms with van der Waals surface area (Å²) in [4.78, 5) is 33.0. The molecule has 8 nitrogen and oxygen atoms in total. The van der Waals surface area contributed by atoms with Crippen molar-refractivity contribution in [2.45, 2.75) is 82.1 Å². The van der Waals surface area contributed by atoms with Crippen LogP contribution in [0.1, 0.15) is 92.2 Å². The molecule has 44 heavy (non-hydrogen) atoms. The summed E-state index contributed by atoms with van der Waals surface area (Å²) in [6.45, 7) is 0.655. The van der Waals surface area contributed by atoms with Crippen LogP contribution in [0.25, 0.3) is 10.4 Å². The lowest BCUT2D eigenvalue weighted by Crippen LogP contribution is -2.42. The first-order valence-electron chi connectivity index (χ1n) is 15.8. The predicted molar refractivity (Wildman–Crippen MR) is 169 cm³/mol. The van der Waals surface area contributed by atoms with E-state index in [4.69, 9.17) is 14.6 Å². The smallest absolute Gasteiger partial charge is 0.495 e. The van der Waals surface area contributed by atoms with E-state index >= 15 is 0 Å². The molecule has 1 heterocycles. The highest BCUT2D eigenvalue weighted by Crippen LogP contribution is 2.44. The Morgan fingerprint density at radius 2 is 1.75 bits per heavy atom.